The molecule has 30 heavy (non-hydrogen) atoms. The van der Waals surface area contributed by atoms with Crippen molar-refractivity contribution in [2.45, 2.75) is 51.5 Å². The lowest BCUT2D eigenvalue weighted by molar-refractivity contribution is -0.141. The Morgan fingerprint density at radius 1 is 1.13 bits per heavy atom. The number of hydrogen-bond donors (Lipinski definition) is 1. The van der Waals surface area contributed by atoms with Crippen LogP contribution in [0.4, 0.5) is 4.39 Å². The molecule has 2 aromatic rings. The third-order valence-electron chi connectivity index (χ3n) is 6.31. The number of amides is 2. The monoisotopic (exact) mass is 408 g/mol. The van der Waals surface area contributed by atoms with Gasteiger partial charge in [0.05, 0.1) is 5.41 Å². The largest absolute Gasteiger partial charge is 0.353 e. The highest BCUT2D eigenvalue weighted by molar-refractivity contribution is 5.85. The van der Waals surface area contributed by atoms with Crippen molar-refractivity contribution in [3.63, 3.8) is 0 Å². The number of benzene rings is 2. The summed E-state index contributed by atoms with van der Waals surface area (Å²) in [4.78, 5) is 27.5. The number of rotatable bonds is 6. The molecule has 2 fully saturated rings. The molecule has 5 heteroatoms. The van der Waals surface area contributed by atoms with E-state index in [4.69, 9.17) is 0 Å². The van der Waals surface area contributed by atoms with E-state index in [1.807, 2.05) is 42.2 Å². The molecule has 4 nitrogen and oxygen atoms in total. The highest BCUT2D eigenvalue weighted by Crippen LogP contribution is 2.36. The maximum atomic E-state index is 14.1. The summed E-state index contributed by atoms with van der Waals surface area (Å²) in [5, 5.41) is 3.18. The van der Waals surface area contributed by atoms with E-state index < -0.39 is 5.41 Å². The minimum absolute atomic E-state index is 0.0665. The molecule has 0 spiro atoms. The number of piperidine rings is 1. The van der Waals surface area contributed by atoms with Gasteiger partial charge in [0.2, 0.25) is 11.8 Å². The molecule has 1 aliphatic carbocycles. The van der Waals surface area contributed by atoms with E-state index in [1.54, 1.807) is 12.1 Å². The molecule has 1 atom stereocenters. The second-order valence-electron chi connectivity index (χ2n) is 8.65. The van der Waals surface area contributed by atoms with Gasteiger partial charge >= 0.3 is 0 Å². The van der Waals surface area contributed by atoms with E-state index in [2.05, 4.69) is 5.32 Å². The summed E-state index contributed by atoms with van der Waals surface area (Å²) in [5.41, 5.74) is 1.82. The van der Waals surface area contributed by atoms with Crippen LogP contribution in [0.2, 0.25) is 0 Å². The van der Waals surface area contributed by atoms with Crippen molar-refractivity contribution in [1.29, 1.82) is 0 Å². The summed E-state index contributed by atoms with van der Waals surface area (Å²) in [6.45, 7) is 3.05. The van der Waals surface area contributed by atoms with Gasteiger partial charge in [-0.1, -0.05) is 49.4 Å². The third kappa shape index (κ3) is 4.40. The number of carbonyl (C=O) groups is 2. The Hall–Kier alpha value is -2.69. The molecule has 2 aromatic carbocycles. The first-order valence-electron chi connectivity index (χ1n) is 10.9. The topological polar surface area (TPSA) is 49.4 Å². The zero-order chi connectivity index (χ0) is 21.1. The summed E-state index contributed by atoms with van der Waals surface area (Å²) in [7, 11) is 0. The predicted octanol–water partition coefficient (Wildman–Crippen LogP) is 4.33. The summed E-state index contributed by atoms with van der Waals surface area (Å²) >= 11 is 0. The van der Waals surface area contributed by atoms with E-state index in [0.717, 1.165) is 43.4 Å². The number of nitrogens with one attached hydrogen (secondary N) is 1. The summed E-state index contributed by atoms with van der Waals surface area (Å²) in [6.07, 6.45) is 4.72. The average molecular weight is 409 g/mol. The van der Waals surface area contributed by atoms with Gasteiger partial charge in [0.25, 0.3) is 0 Å². The Bertz CT molecular complexity index is 923. The Morgan fingerprint density at radius 2 is 1.87 bits per heavy atom. The molecule has 1 saturated heterocycles. The van der Waals surface area contributed by atoms with E-state index in [9.17, 15) is 14.0 Å². The van der Waals surface area contributed by atoms with Crippen molar-refractivity contribution in [2.75, 3.05) is 13.1 Å². The normalized spacial score (nSPS) is 21.3. The molecular weight excluding hydrogens is 379 g/mol. The molecular formula is C25H29FN2O2. The molecule has 0 aromatic heterocycles. The molecule has 4 rings (SSSR count). The maximum Gasteiger partial charge on any atom is 0.228 e. The van der Waals surface area contributed by atoms with Gasteiger partial charge < -0.3 is 10.2 Å². The van der Waals surface area contributed by atoms with Gasteiger partial charge in [-0.15, -0.1) is 0 Å². The minimum atomic E-state index is -0.606. The van der Waals surface area contributed by atoms with Gasteiger partial charge in [0, 0.05) is 31.1 Å². The van der Waals surface area contributed by atoms with Crippen LogP contribution in [0.25, 0.3) is 11.1 Å². The fourth-order valence-corrected chi connectivity index (χ4v) is 4.43. The van der Waals surface area contributed by atoms with Gasteiger partial charge in [-0.2, -0.15) is 0 Å². The minimum Gasteiger partial charge on any atom is -0.353 e. The second-order valence-corrected chi connectivity index (χ2v) is 8.65. The van der Waals surface area contributed by atoms with Crippen molar-refractivity contribution >= 4 is 11.8 Å². The van der Waals surface area contributed by atoms with Gasteiger partial charge in [-0.25, -0.2) is 4.39 Å². The van der Waals surface area contributed by atoms with Crippen molar-refractivity contribution < 1.29 is 14.0 Å². The molecule has 0 bridgehead atoms. The SMILES string of the molecule is CCC(=O)N1CCCC(Cc2ccc(-c3ccccc3F)cc2)(C(=O)NC2CC2)C1. The Kier molecular flexibility index (Phi) is 5.89. The average Bonchev–Trinajstić information content (AvgIpc) is 3.58. The lowest BCUT2D eigenvalue weighted by Crippen LogP contribution is -2.54. The molecule has 2 aliphatic rings. The molecule has 0 radical (unpaired) electrons. The number of hydrogen-bond acceptors (Lipinski definition) is 2. The fourth-order valence-electron chi connectivity index (χ4n) is 4.43. The van der Waals surface area contributed by atoms with Gasteiger partial charge in [0.15, 0.2) is 0 Å². The van der Waals surface area contributed by atoms with Crippen LogP contribution in [0.15, 0.2) is 48.5 Å². The van der Waals surface area contributed by atoms with Gasteiger partial charge in [-0.3, -0.25) is 9.59 Å². The van der Waals surface area contributed by atoms with E-state index >= 15 is 0 Å². The van der Waals surface area contributed by atoms with Crippen LogP contribution in [0, 0.1) is 11.2 Å². The molecule has 158 valence electrons. The van der Waals surface area contributed by atoms with E-state index in [0.29, 0.717) is 24.9 Å². The van der Waals surface area contributed by atoms with Crippen molar-refractivity contribution in [3.8, 4) is 11.1 Å². The van der Waals surface area contributed by atoms with Gasteiger partial charge in [0.1, 0.15) is 5.82 Å². The highest BCUT2D eigenvalue weighted by atomic mass is 19.1. The molecule has 1 N–H and O–H groups in total. The molecule has 1 aliphatic heterocycles. The van der Waals surface area contributed by atoms with Crippen LogP contribution in [0.5, 0.6) is 0 Å². The Balaban J connectivity index is 1.57. The zero-order valence-corrected chi connectivity index (χ0v) is 17.5. The first kappa shape index (κ1) is 20.6. The van der Waals surface area contributed by atoms with Gasteiger partial charge in [-0.05, 0) is 49.3 Å². The molecule has 1 unspecified atom stereocenters. The zero-order valence-electron chi connectivity index (χ0n) is 17.5. The van der Waals surface area contributed by atoms with Crippen LogP contribution in [-0.2, 0) is 16.0 Å². The van der Waals surface area contributed by atoms with Crippen LogP contribution in [0.3, 0.4) is 0 Å². The van der Waals surface area contributed by atoms with Crippen LogP contribution in [-0.4, -0.2) is 35.8 Å². The third-order valence-corrected chi connectivity index (χ3v) is 6.31. The fraction of sp³-hybridized carbons (Fsp3) is 0.440. The highest BCUT2D eigenvalue weighted by Gasteiger charge is 2.44. The summed E-state index contributed by atoms with van der Waals surface area (Å²) in [6, 6.07) is 14.8. The first-order valence-corrected chi connectivity index (χ1v) is 10.9. The van der Waals surface area contributed by atoms with E-state index in [1.165, 1.54) is 6.07 Å². The standard InChI is InChI=1S/C25H29FN2O2/c1-2-23(29)28-15-5-14-25(17-28,24(30)27-20-12-13-20)16-18-8-10-19(11-9-18)21-6-3-4-7-22(21)26/h3-4,6-11,20H,2,5,12-17H2,1H3,(H,27,30). The molecule has 2 amide bonds. The lowest BCUT2D eigenvalue weighted by Gasteiger charge is -2.42. The van der Waals surface area contributed by atoms with Crippen molar-refractivity contribution in [3.05, 3.63) is 59.9 Å². The summed E-state index contributed by atoms with van der Waals surface area (Å²) in [5.74, 6) is -0.0727. The van der Waals surface area contributed by atoms with E-state index in [-0.39, 0.29) is 23.7 Å². The maximum absolute atomic E-state index is 14.1. The number of carbonyl (C=O) groups excluding carboxylic acids is 2. The number of nitrogens with zero attached hydrogens (tertiary/aromatic N) is 1. The number of likely N-dealkylation sites (tertiary alicyclic amines) is 1. The predicted molar refractivity (Wildman–Crippen MR) is 115 cm³/mol. The van der Waals surface area contributed by atoms with Crippen LogP contribution in [0.1, 0.15) is 44.6 Å². The Labute approximate surface area is 177 Å². The number of halogens is 1. The van der Waals surface area contributed by atoms with Crippen LogP contribution >= 0.6 is 0 Å². The quantitative estimate of drug-likeness (QED) is 0.773. The molecule has 1 saturated carbocycles. The first-order chi connectivity index (χ1) is 14.5. The van der Waals surface area contributed by atoms with Crippen molar-refractivity contribution in [2.24, 2.45) is 5.41 Å². The summed E-state index contributed by atoms with van der Waals surface area (Å²) < 4.78 is 14.1. The molecule has 1 heterocycles. The lowest BCUT2D eigenvalue weighted by atomic mass is 9.74. The second kappa shape index (κ2) is 8.58. The Morgan fingerprint density at radius 3 is 2.53 bits per heavy atom. The van der Waals surface area contributed by atoms with Crippen LogP contribution < -0.4 is 5.32 Å². The van der Waals surface area contributed by atoms with Crippen molar-refractivity contribution in [1.82, 2.24) is 10.2 Å². The smallest absolute Gasteiger partial charge is 0.228 e.